The summed E-state index contributed by atoms with van der Waals surface area (Å²) in [6.07, 6.45) is 0.662. The summed E-state index contributed by atoms with van der Waals surface area (Å²) < 4.78 is 15.8. The van der Waals surface area contributed by atoms with Crippen molar-refractivity contribution >= 4 is 16.9 Å². The van der Waals surface area contributed by atoms with Gasteiger partial charge in [-0.25, -0.2) is 4.98 Å². The Morgan fingerprint density at radius 2 is 2.12 bits per heavy atom. The van der Waals surface area contributed by atoms with Gasteiger partial charge in [0, 0.05) is 12.6 Å². The highest BCUT2D eigenvalue weighted by molar-refractivity contribution is 5.87. The molecule has 24 heavy (non-hydrogen) atoms. The lowest BCUT2D eigenvalue weighted by Gasteiger charge is -2.14. The van der Waals surface area contributed by atoms with Crippen molar-refractivity contribution in [1.82, 2.24) is 15.1 Å². The van der Waals surface area contributed by atoms with Crippen LogP contribution >= 0.6 is 0 Å². The summed E-state index contributed by atoms with van der Waals surface area (Å²) in [6, 6.07) is 7.21. The Balaban J connectivity index is 1.57. The van der Waals surface area contributed by atoms with Crippen molar-refractivity contribution in [2.24, 2.45) is 0 Å². The minimum absolute atomic E-state index is 0.136. The average Bonchev–Trinajstić information content (AvgIpc) is 3.00. The van der Waals surface area contributed by atoms with Crippen LogP contribution in [0.15, 0.2) is 35.1 Å². The number of hydrogen-bond donors (Lipinski definition) is 2. The van der Waals surface area contributed by atoms with E-state index in [1.165, 1.54) is 6.33 Å². The van der Waals surface area contributed by atoms with E-state index in [0.29, 0.717) is 34.1 Å². The Bertz CT molecular complexity index is 821. The first-order chi connectivity index (χ1) is 11.7. The number of hydrogen-bond acceptors (Lipinski definition) is 8. The van der Waals surface area contributed by atoms with Gasteiger partial charge in [-0.1, -0.05) is 11.2 Å². The maximum Gasteiger partial charge on any atom is 0.263 e. The fourth-order valence-electron chi connectivity index (χ4n) is 2.21. The molecule has 1 atom stereocenters. The van der Waals surface area contributed by atoms with Crippen LogP contribution in [0, 0.1) is 6.92 Å². The predicted octanol–water partition coefficient (Wildman–Crippen LogP) is 1.79. The van der Waals surface area contributed by atoms with Crippen molar-refractivity contribution in [3.05, 3.63) is 36.3 Å². The quantitative estimate of drug-likeness (QED) is 0.676. The molecule has 2 heterocycles. The van der Waals surface area contributed by atoms with Crippen molar-refractivity contribution in [1.29, 1.82) is 0 Å². The van der Waals surface area contributed by atoms with Crippen LogP contribution in [0.1, 0.15) is 5.69 Å². The summed E-state index contributed by atoms with van der Waals surface area (Å²) in [5.41, 5.74) is 1.10. The zero-order valence-corrected chi connectivity index (χ0v) is 13.4. The van der Waals surface area contributed by atoms with Crippen molar-refractivity contribution in [2.45, 2.75) is 13.0 Å². The minimum Gasteiger partial charge on any atom is -0.497 e. The minimum atomic E-state index is -0.721. The van der Waals surface area contributed by atoms with E-state index in [1.54, 1.807) is 19.2 Å². The van der Waals surface area contributed by atoms with E-state index in [9.17, 15) is 5.11 Å². The first kappa shape index (κ1) is 16.0. The maximum atomic E-state index is 10.1. The number of aliphatic hydroxyl groups is 1. The van der Waals surface area contributed by atoms with E-state index < -0.39 is 6.10 Å². The van der Waals surface area contributed by atoms with Gasteiger partial charge in [-0.05, 0) is 19.1 Å². The number of nitrogens with one attached hydrogen (secondary N) is 1. The van der Waals surface area contributed by atoms with E-state index in [4.69, 9.17) is 14.0 Å². The standard InChI is InChI=1S/C16H18N4O4/c1-10-14-15(18-9-19-16(14)24-20-10)17-7-11(21)8-23-13-5-3-4-12(6-13)22-2/h3-6,9,11,21H,7-8H2,1-2H3,(H,17,18,19)/t11-/m1/s1. The lowest BCUT2D eigenvalue weighted by molar-refractivity contribution is 0.117. The van der Waals surface area contributed by atoms with Gasteiger partial charge in [0.25, 0.3) is 5.71 Å². The molecule has 3 aromatic rings. The molecule has 0 aliphatic heterocycles. The van der Waals surface area contributed by atoms with E-state index in [1.807, 2.05) is 19.1 Å². The molecule has 0 spiro atoms. The summed E-state index contributed by atoms with van der Waals surface area (Å²) in [4.78, 5) is 8.16. The lowest BCUT2D eigenvalue weighted by atomic mass is 10.3. The summed E-state index contributed by atoms with van der Waals surface area (Å²) in [6.45, 7) is 2.21. The summed E-state index contributed by atoms with van der Waals surface area (Å²) in [5.74, 6) is 1.90. The number of rotatable bonds is 7. The third kappa shape index (κ3) is 3.54. The maximum absolute atomic E-state index is 10.1. The first-order valence-electron chi connectivity index (χ1n) is 7.43. The number of nitrogens with zero attached hydrogens (tertiary/aromatic N) is 3. The molecule has 0 radical (unpaired) electrons. The van der Waals surface area contributed by atoms with Crippen LogP contribution in [-0.4, -0.2) is 46.6 Å². The second-order valence-corrected chi connectivity index (χ2v) is 5.20. The van der Waals surface area contributed by atoms with Crippen molar-refractivity contribution < 1.29 is 19.1 Å². The fourth-order valence-corrected chi connectivity index (χ4v) is 2.21. The van der Waals surface area contributed by atoms with Crippen molar-refractivity contribution in [3.63, 3.8) is 0 Å². The molecule has 3 rings (SSSR count). The number of anilines is 1. The fraction of sp³-hybridized carbons (Fsp3) is 0.312. The van der Waals surface area contributed by atoms with Gasteiger partial charge in [0.2, 0.25) is 0 Å². The van der Waals surface area contributed by atoms with Crippen LogP contribution in [0.4, 0.5) is 5.82 Å². The second kappa shape index (κ2) is 7.14. The first-order valence-corrected chi connectivity index (χ1v) is 7.43. The van der Waals surface area contributed by atoms with Gasteiger partial charge in [0.1, 0.15) is 41.7 Å². The third-order valence-corrected chi connectivity index (χ3v) is 3.43. The summed E-state index contributed by atoms with van der Waals surface area (Å²) >= 11 is 0. The molecule has 2 aromatic heterocycles. The van der Waals surface area contributed by atoms with Crippen LogP contribution in [0.25, 0.3) is 11.1 Å². The van der Waals surface area contributed by atoms with Crippen molar-refractivity contribution in [2.75, 3.05) is 25.6 Å². The molecule has 0 unspecified atom stereocenters. The highest BCUT2D eigenvalue weighted by atomic mass is 16.5. The summed E-state index contributed by atoms with van der Waals surface area (Å²) in [7, 11) is 1.59. The molecule has 2 N–H and O–H groups in total. The van der Waals surface area contributed by atoms with E-state index >= 15 is 0 Å². The number of aromatic nitrogens is 3. The number of benzene rings is 1. The van der Waals surface area contributed by atoms with Gasteiger partial charge in [-0.15, -0.1) is 0 Å². The van der Waals surface area contributed by atoms with Gasteiger partial charge < -0.3 is 24.4 Å². The lowest BCUT2D eigenvalue weighted by Crippen LogP contribution is -2.26. The van der Waals surface area contributed by atoms with Crippen LogP contribution in [0.3, 0.4) is 0 Å². The van der Waals surface area contributed by atoms with E-state index in [0.717, 1.165) is 0 Å². The topological polar surface area (TPSA) is 103 Å². The van der Waals surface area contributed by atoms with E-state index in [-0.39, 0.29) is 13.2 Å². The third-order valence-electron chi connectivity index (χ3n) is 3.43. The van der Waals surface area contributed by atoms with Crippen molar-refractivity contribution in [3.8, 4) is 11.5 Å². The highest BCUT2D eigenvalue weighted by Crippen LogP contribution is 2.22. The second-order valence-electron chi connectivity index (χ2n) is 5.20. The molecule has 1 aromatic carbocycles. The molecule has 126 valence electrons. The highest BCUT2D eigenvalue weighted by Gasteiger charge is 2.13. The zero-order valence-electron chi connectivity index (χ0n) is 13.4. The molecular formula is C16H18N4O4. The normalized spacial score (nSPS) is 12.1. The monoisotopic (exact) mass is 330 g/mol. The average molecular weight is 330 g/mol. The van der Waals surface area contributed by atoms with Gasteiger partial charge >= 0.3 is 0 Å². The van der Waals surface area contributed by atoms with Gasteiger partial charge in [0.05, 0.1) is 12.8 Å². The van der Waals surface area contributed by atoms with Crippen LogP contribution in [-0.2, 0) is 0 Å². The molecule has 0 aliphatic rings. The van der Waals surface area contributed by atoms with Gasteiger partial charge in [0.15, 0.2) is 0 Å². The largest absolute Gasteiger partial charge is 0.497 e. The Morgan fingerprint density at radius 3 is 2.96 bits per heavy atom. The molecule has 0 saturated carbocycles. The Hall–Kier alpha value is -2.87. The van der Waals surface area contributed by atoms with Gasteiger partial charge in [-0.2, -0.15) is 4.98 Å². The molecule has 0 amide bonds. The van der Waals surface area contributed by atoms with E-state index in [2.05, 4.69) is 20.4 Å². The molecule has 8 nitrogen and oxygen atoms in total. The Morgan fingerprint density at radius 1 is 1.29 bits per heavy atom. The smallest absolute Gasteiger partial charge is 0.263 e. The molecule has 0 bridgehead atoms. The molecule has 0 aliphatic carbocycles. The van der Waals surface area contributed by atoms with Gasteiger partial charge in [-0.3, -0.25) is 0 Å². The van der Waals surface area contributed by atoms with Crippen LogP contribution in [0.2, 0.25) is 0 Å². The zero-order chi connectivity index (χ0) is 16.9. The number of ether oxygens (including phenoxy) is 2. The summed E-state index contributed by atoms with van der Waals surface area (Å²) in [5, 5.41) is 17.7. The van der Waals surface area contributed by atoms with Crippen LogP contribution < -0.4 is 14.8 Å². The number of methoxy groups -OCH3 is 1. The van der Waals surface area contributed by atoms with Crippen LogP contribution in [0.5, 0.6) is 11.5 Å². The number of aliphatic hydroxyl groups excluding tert-OH is 1. The number of fused-ring (bicyclic) bond motifs is 1. The number of aryl methyl sites for hydroxylation is 1. The molecule has 0 fully saturated rings. The molecule has 8 heteroatoms. The molecular weight excluding hydrogens is 312 g/mol. The predicted molar refractivity (Wildman–Crippen MR) is 87.3 cm³/mol. The Labute approximate surface area is 138 Å². The Kier molecular flexibility index (Phi) is 4.76. The SMILES string of the molecule is COc1cccc(OC[C@H](O)CNc2ncnc3onc(C)c23)c1. The molecule has 0 saturated heterocycles.